The Morgan fingerprint density at radius 2 is 1.52 bits per heavy atom. The fourth-order valence-corrected chi connectivity index (χ4v) is 2.68. The third-order valence-corrected chi connectivity index (χ3v) is 3.86. The van der Waals surface area contributed by atoms with E-state index in [0.29, 0.717) is 17.6 Å². The van der Waals surface area contributed by atoms with E-state index in [1.54, 1.807) is 6.20 Å². The highest BCUT2D eigenvalue weighted by molar-refractivity contribution is 5.59. The lowest BCUT2D eigenvalue weighted by atomic mass is 9.98. The van der Waals surface area contributed by atoms with Crippen LogP contribution in [0.4, 0.5) is 11.6 Å². The number of rotatable bonds is 6. The summed E-state index contributed by atoms with van der Waals surface area (Å²) in [5.41, 5.74) is 2.04. The summed E-state index contributed by atoms with van der Waals surface area (Å²) in [5.74, 6) is 1.78. The van der Waals surface area contributed by atoms with Gasteiger partial charge in [0.05, 0.1) is 5.92 Å². The molecule has 124 valence electrons. The fourth-order valence-electron chi connectivity index (χ4n) is 2.68. The summed E-state index contributed by atoms with van der Waals surface area (Å²) in [5, 5.41) is 0. The van der Waals surface area contributed by atoms with Crippen molar-refractivity contribution in [2.24, 2.45) is 0 Å². The van der Waals surface area contributed by atoms with Crippen LogP contribution in [-0.4, -0.2) is 15.0 Å². The minimum Gasteiger partial charge on any atom is -0.286 e. The molecule has 0 spiro atoms. The van der Waals surface area contributed by atoms with Gasteiger partial charge in [0.25, 0.3) is 0 Å². The van der Waals surface area contributed by atoms with Crippen LogP contribution in [0.1, 0.15) is 23.1 Å². The maximum absolute atomic E-state index is 4.69. The normalized spacial score (nSPS) is 11.6. The predicted molar refractivity (Wildman–Crippen MR) is 102 cm³/mol. The Hall–Kier alpha value is -3.27. The highest BCUT2D eigenvalue weighted by atomic mass is 15.3. The van der Waals surface area contributed by atoms with Crippen molar-refractivity contribution < 1.29 is 0 Å². The standard InChI is InChI=1S/C21H20N4/c1-4-19(17-12-8-6-9-13-17)20-22-16(3)23-21(24-20)25(5-2)18-14-10-7-11-15-18/h4-15,19H,1-2H2,3H3. The van der Waals surface area contributed by atoms with Crippen LogP contribution in [0.2, 0.25) is 0 Å². The van der Waals surface area contributed by atoms with E-state index >= 15 is 0 Å². The summed E-state index contributed by atoms with van der Waals surface area (Å²) in [6, 6.07) is 20.0. The largest absolute Gasteiger partial charge is 0.286 e. The third-order valence-electron chi connectivity index (χ3n) is 3.86. The SMILES string of the molecule is C=CC(c1ccccc1)c1nc(C)nc(N(C=C)c2ccccc2)n1. The second kappa shape index (κ2) is 7.53. The Labute approximate surface area is 148 Å². The molecule has 0 fully saturated rings. The molecule has 0 N–H and O–H groups in total. The van der Waals surface area contributed by atoms with Gasteiger partial charge in [-0.2, -0.15) is 9.97 Å². The quantitative estimate of drug-likeness (QED) is 0.611. The maximum atomic E-state index is 4.69. The molecular weight excluding hydrogens is 308 g/mol. The van der Waals surface area contributed by atoms with Gasteiger partial charge in [0.2, 0.25) is 5.95 Å². The van der Waals surface area contributed by atoms with Gasteiger partial charge in [-0.1, -0.05) is 61.2 Å². The molecule has 0 aliphatic carbocycles. The number of hydrogen-bond donors (Lipinski definition) is 0. The van der Waals surface area contributed by atoms with Gasteiger partial charge in [0.1, 0.15) is 11.6 Å². The summed E-state index contributed by atoms with van der Waals surface area (Å²) < 4.78 is 0. The van der Waals surface area contributed by atoms with Crippen molar-refractivity contribution >= 4 is 11.6 Å². The van der Waals surface area contributed by atoms with Crippen molar-refractivity contribution in [3.8, 4) is 0 Å². The first kappa shape index (κ1) is 16.6. The molecule has 4 nitrogen and oxygen atoms in total. The van der Waals surface area contributed by atoms with Gasteiger partial charge in [-0.15, -0.1) is 6.58 Å². The Balaban J connectivity index is 2.06. The monoisotopic (exact) mass is 328 g/mol. The molecule has 1 heterocycles. The van der Waals surface area contributed by atoms with E-state index in [9.17, 15) is 0 Å². The van der Waals surface area contributed by atoms with Crippen molar-refractivity contribution in [2.45, 2.75) is 12.8 Å². The van der Waals surface area contributed by atoms with Gasteiger partial charge in [-0.3, -0.25) is 4.90 Å². The number of aryl methyl sites for hydroxylation is 1. The summed E-state index contributed by atoms with van der Waals surface area (Å²) >= 11 is 0. The van der Waals surface area contributed by atoms with Crippen LogP contribution in [-0.2, 0) is 0 Å². The third kappa shape index (κ3) is 3.63. The molecule has 3 rings (SSSR count). The van der Waals surface area contributed by atoms with E-state index in [0.717, 1.165) is 11.3 Å². The first-order valence-corrected chi connectivity index (χ1v) is 8.10. The Bertz CT molecular complexity index is 790. The summed E-state index contributed by atoms with van der Waals surface area (Å²) in [7, 11) is 0. The highest BCUT2D eigenvalue weighted by Gasteiger charge is 2.18. The molecule has 0 amide bonds. The molecule has 25 heavy (non-hydrogen) atoms. The number of benzene rings is 2. The van der Waals surface area contributed by atoms with E-state index < -0.39 is 0 Å². The summed E-state index contributed by atoms with van der Waals surface area (Å²) in [6.07, 6.45) is 3.56. The Morgan fingerprint density at radius 1 is 0.880 bits per heavy atom. The molecule has 1 aromatic heterocycles. The van der Waals surface area contributed by atoms with Gasteiger partial charge in [0, 0.05) is 11.9 Å². The van der Waals surface area contributed by atoms with Crippen LogP contribution in [0.5, 0.6) is 0 Å². The number of aromatic nitrogens is 3. The lowest BCUT2D eigenvalue weighted by Crippen LogP contribution is -2.16. The van der Waals surface area contributed by atoms with E-state index in [2.05, 4.69) is 28.1 Å². The molecule has 4 heteroatoms. The zero-order chi connectivity index (χ0) is 17.6. The molecular formula is C21H20N4. The summed E-state index contributed by atoms with van der Waals surface area (Å²) in [4.78, 5) is 15.6. The van der Waals surface area contributed by atoms with Crippen LogP contribution in [0, 0.1) is 6.92 Å². The molecule has 0 bridgehead atoms. The number of allylic oxidation sites excluding steroid dienone is 1. The maximum Gasteiger partial charge on any atom is 0.237 e. The lowest BCUT2D eigenvalue weighted by Gasteiger charge is -2.20. The molecule has 0 aliphatic heterocycles. The molecule has 0 saturated heterocycles. The topological polar surface area (TPSA) is 41.9 Å². The second-order valence-electron chi connectivity index (χ2n) is 5.55. The van der Waals surface area contributed by atoms with Crippen LogP contribution in [0.15, 0.2) is 86.1 Å². The van der Waals surface area contributed by atoms with Crippen molar-refractivity contribution in [1.82, 2.24) is 15.0 Å². The average Bonchev–Trinajstić information content (AvgIpc) is 2.64. The average molecular weight is 328 g/mol. The summed E-state index contributed by atoms with van der Waals surface area (Å²) in [6.45, 7) is 9.73. The van der Waals surface area contributed by atoms with Crippen LogP contribution in [0.3, 0.4) is 0 Å². The van der Waals surface area contributed by atoms with Crippen LogP contribution < -0.4 is 4.90 Å². The number of para-hydroxylation sites is 1. The number of nitrogens with zero attached hydrogens (tertiary/aromatic N) is 4. The van der Waals surface area contributed by atoms with Gasteiger partial charge in [0.15, 0.2) is 0 Å². The second-order valence-corrected chi connectivity index (χ2v) is 5.55. The minimum absolute atomic E-state index is 0.0934. The predicted octanol–water partition coefficient (Wildman–Crippen LogP) is 4.78. The van der Waals surface area contributed by atoms with Crippen molar-refractivity contribution in [3.05, 3.63) is 103 Å². The van der Waals surface area contributed by atoms with E-state index in [1.165, 1.54) is 0 Å². The molecule has 3 aromatic rings. The van der Waals surface area contributed by atoms with Crippen molar-refractivity contribution in [2.75, 3.05) is 4.90 Å². The van der Waals surface area contributed by atoms with Gasteiger partial charge < -0.3 is 0 Å². The minimum atomic E-state index is -0.0934. The molecule has 1 atom stereocenters. The highest BCUT2D eigenvalue weighted by Crippen LogP contribution is 2.26. The van der Waals surface area contributed by atoms with Crippen LogP contribution >= 0.6 is 0 Å². The fraction of sp³-hybridized carbons (Fsp3) is 0.0952. The molecule has 0 aliphatic rings. The zero-order valence-corrected chi connectivity index (χ0v) is 14.2. The van der Waals surface area contributed by atoms with Gasteiger partial charge >= 0.3 is 0 Å². The first-order valence-electron chi connectivity index (χ1n) is 8.10. The van der Waals surface area contributed by atoms with E-state index in [4.69, 9.17) is 0 Å². The first-order chi connectivity index (χ1) is 12.2. The van der Waals surface area contributed by atoms with Crippen LogP contribution in [0.25, 0.3) is 0 Å². The Kier molecular flexibility index (Phi) is 5.00. The van der Waals surface area contributed by atoms with E-state index in [-0.39, 0.29) is 5.92 Å². The number of hydrogen-bond acceptors (Lipinski definition) is 4. The molecule has 0 saturated carbocycles. The van der Waals surface area contributed by atoms with Gasteiger partial charge in [-0.05, 0) is 24.6 Å². The zero-order valence-electron chi connectivity index (χ0n) is 14.2. The smallest absolute Gasteiger partial charge is 0.237 e. The van der Waals surface area contributed by atoms with E-state index in [1.807, 2.05) is 78.6 Å². The van der Waals surface area contributed by atoms with Gasteiger partial charge in [-0.25, -0.2) is 4.98 Å². The van der Waals surface area contributed by atoms with Crippen molar-refractivity contribution in [3.63, 3.8) is 0 Å². The lowest BCUT2D eigenvalue weighted by molar-refractivity contribution is 0.822. The van der Waals surface area contributed by atoms with Crippen molar-refractivity contribution in [1.29, 1.82) is 0 Å². The Morgan fingerprint density at radius 3 is 2.12 bits per heavy atom. The molecule has 2 aromatic carbocycles. The molecule has 1 unspecified atom stereocenters. The number of anilines is 2. The molecule has 0 radical (unpaired) electrons.